The minimum atomic E-state index is 0.227. The van der Waals surface area contributed by atoms with Crippen molar-refractivity contribution in [1.82, 2.24) is 14.7 Å². The van der Waals surface area contributed by atoms with Crippen LogP contribution in [-0.4, -0.2) is 39.5 Å². The Hall–Kier alpha value is -1.65. The molecule has 0 aliphatic heterocycles. The van der Waals surface area contributed by atoms with Crippen LogP contribution in [0.3, 0.4) is 0 Å². The summed E-state index contributed by atoms with van der Waals surface area (Å²) in [6.07, 6.45) is 6.74. The van der Waals surface area contributed by atoms with Gasteiger partial charge in [0.2, 0.25) is 0 Å². The van der Waals surface area contributed by atoms with Crippen molar-refractivity contribution in [1.29, 1.82) is 0 Å². The van der Waals surface area contributed by atoms with Crippen molar-refractivity contribution in [3.8, 4) is 0 Å². The van der Waals surface area contributed by atoms with Crippen LogP contribution < -0.4 is 0 Å². The maximum atomic E-state index is 9.19. The topological polar surface area (TPSA) is 41.3 Å². The Labute approximate surface area is 126 Å². The zero-order valence-corrected chi connectivity index (χ0v) is 12.4. The molecule has 0 spiro atoms. The van der Waals surface area contributed by atoms with Gasteiger partial charge in [0.15, 0.2) is 0 Å². The first-order valence-electron chi connectivity index (χ1n) is 7.72. The largest absolute Gasteiger partial charge is 0.395 e. The third kappa shape index (κ3) is 4.41. The van der Waals surface area contributed by atoms with E-state index in [-0.39, 0.29) is 6.61 Å². The summed E-state index contributed by atoms with van der Waals surface area (Å²) < 4.78 is 1.99. The van der Waals surface area contributed by atoms with Crippen molar-refractivity contribution in [2.24, 2.45) is 5.92 Å². The van der Waals surface area contributed by atoms with Crippen LogP contribution in [-0.2, 0) is 13.1 Å². The van der Waals surface area contributed by atoms with E-state index in [2.05, 4.69) is 40.5 Å². The summed E-state index contributed by atoms with van der Waals surface area (Å²) in [7, 11) is 0. The van der Waals surface area contributed by atoms with Gasteiger partial charge in [-0.05, 0) is 24.3 Å². The predicted octanol–water partition coefficient (Wildman–Crippen LogP) is 2.14. The third-order valence-corrected chi connectivity index (χ3v) is 3.91. The Kier molecular flexibility index (Phi) is 4.68. The highest BCUT2D eigenvalue weighted by molar-refractivity contribution is 5.15. The molecule has 0 bridgehead atoms. The number of hydrogen-bond donors (Lipinski definition) is 1. The van der Waals surface area contributed by atoms with Gasteiger partial charge in [-0.15, -0.1) is 0 Å². The SMILES string of the molecule is OCCN(Cc1cnn(Cc2ccccc2)c1)CC1CC1. The van der Waals surface area contributed by atoms with E-state index < -0.39 is 0 Å². The van der Waals surface area contributed by atoms with Gasteiger partial charge in [0.05, 0.1) is 19.3 Å². The maximum Gasteiger partial charge on any atom is 0.0659 e. The number of benzene rings is 1. The van der Waals surface area contributed by atoms with Crippen LogP contribution in [0.2, 0.25) is 0 Å². The summed E-state index contributed by atoms with van der Waals surface area (Å²) in [6.45, 7) is 3.77. The van der Waals surface area contributed by atoms with Crippen molar-refractivity contribution in [3.63, 3.8) is 0 Å². The molecule has 4 heteroatoms. The summed E-state index contributed by atoms with van der Waals surface area (Å²) in [5.74, 6) is 0.843. The number of aromatic nitrogens is 2. The fraction of sp³-hybridized carbons (Fsp3) is 0.471. The normalized spacial score (nSPS) is 14.8. The minimum absolute atomic E-state index is 0.227. The molecule has 1 saturated carbocycles. The Bertz CT molecular complexity index is 548. The smallest absolute Gasteiger partial charge is 0.0659 e. The molecule has 0 amide bonds. The molecule has 21 heavy (non-hydrogen) atoms. The maximum absolute atomic E-state index is 9.19. The van der Waals surface area contributed by atoms with Gasteiger partial charge in [-0.1, -0.05) is 30.3 Å². The van der Waals surface area contributed by atoms with Crippen molar-refractivity contribution < 1.29 is 5.11 Å². The van der Waals surface area contributed by atoms with Crippen molar-refractivity contribution in [2.75, 3.05) is 19.7 Å². The van der Waals surface area contributed by atoms with E-state index in [0.717, 1.165) is 32.1 Å². The molecule has 1 aromatic heterocycles. The van der Waals surface area contributed by atoms with Gasteiger partial charge in [0, 0.05) is 31.4 Å². The lowest BCUT2D eigenvalue weighted by Gasteiger charge is -2.20. The molecule has 1 N–H and O–H groups in total. The van der Waals surface area contributed by atoms with Crippen LogP contribution >= 0.6 is 0 Å². The molecule has 0 radical (unpaired) electrons. The number of aliphatic hydroxyl groups is 1. The van der Waals surface area contributed by atoms with Crippen LogP contribution in [0, 0.1) is 5.92 Å². The standard InChI is InChI=1S/C17H23N3O/c21-9-8-19(11-16-6-7-16)12-17-10-18-20(14-17)13-15-4-2-1-3-5-15/h1-5,10,14,16,21H,6-9,11-13H2. The molecule has 0 unspecified atom stereocenters. The van der Waals surface area contributed by atoms with E-state index in [9.17, 15) is 5.11 Å². The average Bonchev–Trinajstić information content (AvgIpc) is 3.20. The summed E-state index contributed by atoms with van der Waals surface area (Å²) in [5.41, 5.74) is 2.48. The van der Waals surface area contributed by atoms with E-state index in [1.165, 1.54) is 24.0 Å². The highest BCUT2D eigenvalue weighted by Gasteiger charge is 2.24. The van der Waals surface area contributed by atoms with E-state index in [0.29, 0.717) is 0 Å². The number of rotatable bonds is 8. The Morgan fingerprint density at radius 2 is 2.00 bits per heavy atom. The molecule has 1 fully saturated rings. The van der Waals surface area contributed by atoms with Gasteiger partial charge in [-0.3, -0.25) is 9.58 Å². The van der Waals surface area contributed by atoms with Crippen LogP contribution in [0.1, 0.15) is 24.0 Å². The summed E-state index contributed by atoms with van der Waals surface area (Å²) in [4.78, 5) is 2.33. The Morgan fingerprint density at radius 1 is 1.19 bits per heavy atom. The van der Waals surface area contributed by atoms with Gasteiger partial charge in [0.25, 0.3) is 0 Å². The first-order valence-corrected chi connectivity index (χ1v) is 7.72. The first-order chi connectivity index (χ1) is 10.3. The third-order valence-electron chi connectivity index (χ3n) is 3.91. The second-order valence-corrected chi connectivity index (χ2v) is 5.93. The zero-order chi connectivity index (χ0) is 14.5. The van der Waals surface area contributed by atoms with Gasteiger partial charge >= 0.3 is 0 Å². The predicted molar refractivity (Wildman–Crippen MR) is 82.9 cm³/mol. The molecule has 3 rings (SSSR count). The lowest BCUT2D eigenvalue weighted by atomic mass is 10.2. The highest BCUT2D eigenvalue weighted by Crippen LogP contribution is 2.30. The summed E-state index contributed by atoms with van der Waals surface area (Å²) in [6, 6.07) is 10.4. The molecular weight excluding hydrogens is 262 g/mol. The number of aliphatic hydroxyl groups excluding tert-OH is 1. The fourth-order valence-corrected chi connectivity index (χ4v) is 2.65. The Balaban J connectivity index is 1.58. The van der Waals surface area contributed by atoms with Crippen LogP contribution in [0.15, 0.2) is 42.7 Å². The van der Waals surface area contributed by atoms with Crippen LogP contribution in [0.4, 0.5) is 0 Å². The van der Waals surface area contributed by atoms with Gasteiger partial charge in [-0.25, -0.2) is 0 Å². The van der Waals surface area contributed by atoms with E-state index in [1.807, 2.05) is 16.9 Å². The average molecular weight is 285 g/mol. The Morgan fingerprint density at radius 3 is 2.71 bits per heavy atom. The molecule has 1 aromatic carbocycles. The van der Waals surface area contributed by atoms with Crippen molar-refractivity contribution in [2.45, 2.75) is 25.9 Å². The van der Waals surface area contributed by atoms with E-state index >= 15 is 0 Å². The lowest BCUT2D eigenvalue weighted by Crippen LogP contribution is -2.28. The van der Waals surface area contributed by atoms with Crippen LogP contribution in [0.25, 0.3) is 0 Å². The summed E-state index contributed by atoms with van der Waals surface area (Å²) >= 11 is 0. The summed E-state index contributed by atoms with van der Waals surface area (Å²) in [5, 5.41) is 13.6. The van der Waals surface area contributed by atoms with Gasteiger partial charge in [0.1, 0.15) is 0 Å². The second-order valence-electron chi connectivity index (χ2n) is 5.93. The van der Waals surface area contributed by atoms with Gasteiger partial charge in [-0.2, -0.15) is 5.10 Å². The minimum Gasteiger partial charge on any atom is -0.395 e. The molecule has 0 atom stereocenters. The zero-order valence-electron chi connectivity index (χ0n) is 12.4. The molecule has 1 heterocycles. The lowest BCUT2D eigenvalue weighted by molar-refractivity contribution is 0.185. The quantitative estimate of drug-likeness (QED) is 0.808. The van der Waals surface area contributed by atoms with Gasteiger partial charge < -0.3 is 5.11 Å². The highest BCUT2D eigenvalue weighted by atomic mass is 16.3. The second kappa shape index (κ2) is 6.87. The van der Waals surface area contributed by atoms with Crippen LogP contribution in [0.5, 0.6) is 0 Å². The monoisotopic (exact) mass is 285 g/mol. The van der Waals surface area contributed by atoms with Crippen molar-refractivity contribution >= 4 is 0 Å². The first kappa shape index (κ1) is 14.3. The fourth-order valence-electron chi connectivity index (χ4n) is 2.65. The number of nitrogens with zero attached hydrogens (tertiary/aromatic N) is 3. The molecule has 112 valence electrons. The molecule has 2 aromatic rings. The van der Waals surface area contributed by atoms with E-state index in [1.54, 1.807) is 0 Å². The molecule has 4 nitrogen and oxygen atoms in total. The molecule has 1 aliphatic rings. The molecule has 0 saturated heterocycles. The molecule has 1 aliphatic carbocycles. The number of hydrogen-bond acceptors (Lipinski definition) is 3. The van der Waals surface area contributed by atoms with E-state index in [4.69, 9.17) is 0 Å². The molecular formula is C17H23N3O. The van der Waals surface area contributed by atoms with Crippen molar-refractivity contribution in [3.05, 3.63) is 53.9 Å².